The Hall–Kier alpha value is -4.05. The fourth-order valence-electron chi connectivity index (χ4n) is 4.24. The van der Waals surface area contributed by atoms with Crippen LogP contribution in [-0.4, -0.2) is 58.0 Å². The Labute approximate surface area is 243 Å². The molecule has 0 aliphatic rings. The molecular weight excluding hydrogens is 542 g/mol. The monoisotopic (exact) mass is 581 g/mol. The summed E-state index contributed by atoms with van der Waals surface area (Å²) in [5, 5.41) is 2.94. The van der Waals surface area contributed by atoms with Crippen LogP contribution in [0, 0.1) is 6.92 Å². The summed E-state index contributed by atoms with van der Waals surface area (Å²) in [6.07, 6.45) is 0.725. The largest absolute Gasteiger partial charge is 0.497 e. The van der Waals surface area contributed by atoms with E-state index in [1.54, 1.807) is 37.3 Å². The van der Waals surface area contributed by atoms with Crippen LogP contribution < -0.4 is 19.1 Å². The van der Waals surface area contributed by atoms with Crippen molar-refractivity contribution in [3.63, 3.8) is 0 Å². The van der Waals surface area contributed by atoms with Gasteiger partial charge in [0.25, 0.3) is 10.0 Å². The van der Waals surface area contributed by atoms with Crippen molar-refractivity contribution in [1.29, 1.82) is 0 Å². The number of hydrogen-bond donors (Lipinski definition) is 1. The highest BCUT2D eigenvalue weighted by Crippen LogP contribution is 2.36. The summed E-state index contributed by atoms with van der Waals surface area (Å²) in [6, 6.07) is 19.2. The molecule has 0 aromatic heterocycles. The number of carbonyl (C=O) groups excluding carboxylic acids is 2. The highest BCUT2D eigenvalue weighted by atomic mass is 32.2. The third kappa shape index (κ3) is 7.58. The topological polar surface area (TPSA) is 105 Å². The number of hydrogen-bond acceptors (Lipinski definition) is 6. The van der Waals surface area contributed by atoms with Crippen molar-refractivity contribution in [2.24, 2.45) is 0 Å². The third-order valence-corrected chi connectivity index (χ3v) is 8.81. The summed E-state index contributed by atoms with van der Waals surface area (Å²) in [5.74, 6) is -0.243. The number of aryl methyl sites for hydroxylation is 1. The van der Waals surface area contributed by atoms with Gasteiger partial charge < -0.3 is 19.7 Å². The number of rotatable bonds is 13. The first-order valence-electron chi connectivity index (χ1n) is 13.5. The summed E-state index contributed by atoms with van der Waals surface area (Å²) in [7, 11) is -1.35. The molecule has 0 aliphatic carbocycles. The first kappa shape index (κ1) is 31.5. The van der Waals surface area contributed by atoms with Gasteiger partial charge in [-0.05, 0) is 62.6 Å². The van der Waals surface area contributed by atoms with Crippen LogP contribution in [-0.2, 0) is 26.2 Å². The predicted octanol–water partition coefficient (Wildman–Crippen LogP) is 4.54. The molecule has 0 saturated carbocycles. The molecule has 10 heteroatoms. The van der Waals surface area contributed by atoms with Gasteiger partial charge in [-0.25, -0.2) is 8.42 Å². The Kier molecular flexibility index (Phi) is 10.8. The lowest BCUT2D eigenvalue weighted by Crippen LogP contribution is -2.52. The summed E-state index contributed by atoms with van der Waals surface area (Å²) in [6.45, 7) is 6.97. The van der Waals surface area contributed by atoms with E-state index in [2.05, 4.69) is 5.32 Å². The van der Waals surface area contributed by atoms with Crippen LogP contribution in [0.25, 0.3) is 0 Å². The molecule has 0 aliphatic heterocycles. The average molecular weight is 582 g/mol. The van der Waals surface area contributed by atoms with Gasteiger partial charge in [-0.1, -0.05) is 49.4 Å². The van der Waals surface area contributed by atoms with Crippen molar-refractivity contribution in [2.45, 2.75) is 57.6 Å². The maximum Gasteiger partial charge on any atom is 0.264 e. The zero-order valence-electron chi connectivity index (χ0n) is 24.5. The molecule has 41 heavy (non-hydrogen) atoms. The van der Waals surface area contributed by atoms with Gasteiger partial charge >= 0.3 is 0 Å². The first-order valence-corrected chi connectivity index (χ1v) is 14.9. The van der Waals surface area contributed by atoms with E-state index in [-0.39, 0.29) is 34.8 Å². The predicted molar refractivity (Wildman–Crippen MR) is 160 cm³/mol. The van der Waals surface area contributed by atoms with Gasteiger partial charge in [0, 0.05) is 18.7 Å². The van der Waals surface area contributed by atoms with Crippen LogP contribution >= 0.6 is 0 Å². The number of carbonyl (C=O) groups is 2. The van der Waals surface area contributed by atoms with Crippen molar-refractivity contribution in [3.8, 4) is 11.5 Å². The standard InChI is InChI=1S/C31H39N3O6S/c1-7-23(3)32-31(36)24(4)33(20-25-14-12-11-13-22(25)2)30(35)21-34(41(37,38)27-15-9-8-10-16-27)28-19-26(39-5)17-18-29(28)40-6/h8-19,23-24H,7,20-21H2,1-6H3,(H,32,36). The number of sulfonamides is 1. The minimum atomic E-state index is -4.24. The van der Waals surface area contributed by atoms with Crippen molar-refractivity contribution in [3.05, 3.63) is 83.9 Å². The molecule has 1 N–H and O–H groups in total. The lowest BCUT2D eigenvalue weighted by Gasteiger charge is -2.33. The molecule has 0 bridgehead atoms. The first-order chi connectivity index (χ1) is 19.5. The lowest BCUT2D eigenvalue weighted by molar-refractivity contribution is -0.139. The van der Waals surface area contributed by atoms with Crippen molar-refractivity contribution >= 4 is 27.5 Å². The molecule has 3 aromatic rings. The maximum atomic E-state index is 14.1. The molecular formula is C31H39N3O6S. The Morgan fingerprint density at radius 3 is 2.20 bits per heavy atom. The lowest BCUT2D eigenvalue weighted by atomic mass is 10.1. The normalized spacial score (nSPS) is 12.6. The summed E-state index contributed by atoms with van der Waals surface area (Å²) < 4.78 is 39.9. The molecule has 0 spiro atoms. The highest BCUT2D eigenvalue weighted by Gasteiger charge is 2.34. The van der Waals surface area contributed by atoms with E-state index in [4.69, 9.17) is 9.47 Å². The van der Waals surface area contributed by atoms with E-state index in [0.717, 1.165) is 21.9 Å². The zero-order valence-corrected chi connectivity index (χ0v) is 25.3. The van der Waals surface area contributed by atoms with Crippen molar-refractivity contribution in [2.75, 3.05) is 25.1 Å². The minimum absolute atomic E-state index is 0.00527. The van der Waals surface area contributed by atoms with Crippen LogP contribution in [0.2, 0.25) is 0 Å². The molecule has 0 radical (unpaired) electrons. The van der Waals surface area contributed by atoms with Crippen LogP contribution in [0.3, 0.4) is 0 Å². The van der Waals surface area contributed by atoms with Crippen molar-refractivity contribution in [1.82, 2.24) is 10.2 Å². The maximum absolute atomic E-state index is 14.1. The quantitative estimate of drug-likeness (QED) is 0.318. The van der Waals surface area contributed by atoms with Gasteiger partial charge in [0.2, 0.25) is 11.8 Å². The Balaban J connectivity index is 2.11. The van der Waals surface area contributed by atoms with Gasteiger partial charge in [-0.3, -0.25) is 13.9 Å². The van der Waals surface area contributed by atoms with E-state index in [9.17, 15) is 18.0 Å². The minimum Gasteiger partial charge on any atom is -0.497 e. The van der Waals surface area contributed by atoms with Gasteiger partial charge in [0.1, 0.15) is 24.1 Å². The number of benzene rings is 3. The van der Waals surface area contributed by atoms with Crippen LogP contribution in [0.1, 0.15) is 38.3 Å². The Bertz CT molecular complexity index is 1450. The fourth-order valence-corrected chi connectivity index (χ4v) is 5.68. The SMILES string of the molecule is CCC(C)NC(=O)C(C)N(Cc1ccccc1C)C(=O)CN(c1cc(OC)ccc1OC)S(=O)(=O)c1ccccc1. The molecule has 0 heterocycles. The average Bonchev–Trinajstić information content (AvgIpc) is 2.98. The molecule has 220 valence electrons. The van der Waals surface area contributed by atoms with Gasteiger partial charge in [-0.15, -0.1) is 0 Å². The molecule has 3 aromatic carbocycles. The van der Waals surface area contributed by atoms with E-state index >= 15 is 0 Å². The third-order valence-electron chi connectivity index (χ3n) is 7.04. The highest BCUT2D eigenvalue weighted by molar-refractivity contribution is 7.92. The van der Waals surface area contributed by atoms with Gasteiger partial charge in [0.05, 0.1) is 24.8 Å². The van der Waals surface area contributed by atoms with Crippen LogP contribution in [0.15, 0.2) is 77.7 Å². The van der Waals surface area contributed by atoms with Gasteiger partial charge in [0.15, 0.2) is 0 Å². The van der Waals surface area contributed by atoms with E-state index in [1.807, 2.05) is 45.0 Å². The molecule has 9 nitrogen and oxygen atoms in total. The number of nitrogens with zero attached hydrogens (tertiary/aromatic N) is 2. The molecule has 2 unspecified atom stereocenters. The Morgan fingerprint density at radius 2 is 1.59 bits per heavy atom. The number of methoxy groups -OCH3 is 2. The second kappa shape index (κ2) is 14.0. The Morgan fingerprint density at radius 1 is 0.927 bits per heavy atom. The van der Waals surface area contributed by atoms with Crippen LogP contribution in [0.4, 0.5) is 5.69 Å². The molecule has 2 atom stereocenters. The van der Waals surface area contributed by atoms with Crippen LogP contribution in [0.5, 0.6) is 11.5 Å². The second-order valence-corrected chi connectivity index (χ2v) is 11.7. The summed E-state index contributed by atoms with van der Waals surface area (Å²) in [4.78, 5) is 28.8. The summed E-state index contributed by atoms with van der Waals surface area (Å²) >= 11 is 0. The van der Waals surface area contributed by atoms with Crippen molar-refractivity contribution < 1.29 is 27.5 Å². The molecule has 0 fully saturated rings. The number of nitrogens with one attached hydrogen (secondary N) is 1. The number of anilines is 1. The van der Waals surface area contributed by atoms with E-state index < -0.39 is 28.5 Å². The molecule has 3 rings (SSSR count). The van der Waals surface area contributed by atoms with E-state index in [1.165, 1.54) is 37.3 Å². The zero-order chi connectivity index (χ0) is 30.2. The smallest absolute Gasteiger partial charge is 0.264 e. The second-order valence-electron chi connectivity index (χ2n) is 9.80. The number of ether oxygens (including phenoxy) is 2. The number of amides is 2. The molecule has 2 amide bonds. The fraction of sp³-hybridized carbons (Fsp3) is 0.355. The summed E-state index contributed by atoms with van der Waals surface area (Å²) in [5.41, 5.74) is 1.93. The molecule has 0 saturated heterocycles. The van der Waals surface area contributed by atoms with Gasteiger partial charge in [-0.2, -0.15) is 0 Å². The van der Waals surface area contributed by atoms with E-state index in [0.29, 0.717) is 5.75 Å².